The topological polar surface area (TPSA) is 56.5 Å². The third-order valence-corrected chi connectivity index (χ3v) is 6.23. The molecule has 0 saturated heterocycles. The van der Waals surface area contributed by atoms with E-state index in [4.69, 9.17) is 6.42 Å². The van der Waals surface area contributed by atoms with Gasteiger partial charge in [-0.05, 0) is 43.9 Å². The Labute approximate surface area is 177 Å². The van der Waals surface area contributed by atoms with Gasteiger partial charge in [0.25, 0.3) is 0 Å². The molecule has 1 spiro atoms. The molecule has 29 heavy (non-hydrogen) atoms. The summed E-state index contributed by atoms with van der Waals surface area (Å²) in [6, 6.07) is 4.06. The predicted molar refractivity (Wildman–Crippen MR) is 120 cm³/mol. The van der Waals surface area contributed by atoms with Gasteiger partial charge in [0.05, 0.1) is 22.8 Å². The Morgan fingerprint density at radius 3 is 2.41 bits per heavy atom. The number of rotatable bonds is 3. The molecule has 1 atom stereocenters. The monoisotopic (exact) mass is 407 g/mol. The summed E-state index contributed by atoms with van der Waals surface area (Å²) in [7, 11) is 0. The molecule has 3 aromatic heterocycles. The van der Waals surface area contributed by atoms with Crippen LogP contribution in [0.25, 0.3) is 16.7 Å². The molecule has 0 radical (unpaired) electrons. The lowest BCUT2D eigenvalue weighted by atomic mass is 9.98. The number of terminal acetylenes is 1. The van der Waals surface area contributed by atoms with E-state index in [0.29, 0.717) is 5.41 Å². The van der Waals surface area contributed by atoms with Gasteiger partial charge in [-0.15, -0.1) is 18.2 Å². The maximum absolute atomic E-state index is 5.91. The van der Waals surface area contributed by atoms with Crippen LogP contribution in [-0.2, 0) is 5.41 Å². The van der Waals surface area contributed by atoms with E-state index in [2.05, 4.69) is 32.0 Å². The molecule has 3 heterocycles. The molecule has 2 saturated carbocycles. The quantitative estimate of drug-likeness (QED) is 0.333. The van der Waals surface area contributed by atoms with Crippen LogP contribution in [0.5, 0.6) is 0 Å². The number of pyridine rings is 1. The van der Waals surface area contributed by atoms with Gasteiger partial charge in [-0.1, -0.05) is 33.6 Å². The minimum atomic E-state index is -0.178. The summed E-state index contributed by atoms with van der Waals surface area (Å²) in [6.45, 7) is 9.90. The van der Waals surface area contributed by atoms with E-state index in [0.717, 1.165) is 39.7 Å². The molecule has 0 aliphatic heterocycles. The molecule has 2 fully saturated rings. The lowest BCUT2D eigenvalue weighted by Gasteiger charge is -2.11. The van der Waals surface area contributed by atoms with Gasteiger partial charge >= 0.3 is 0 Å². The van der Waals surface area contributed by atoms with Crippen molar-refractivity contribution in [2.24, 2.45) is 5.41 Å². The fourth-order valence-electron chi connectivity index (χ4n) is 3.93. The summed E-state index contributed by atoms with van der Waals surface area (Å²) in [5.41, 5.74) is 2.14. The van der Waals surface area contributed by atoms with Crippen LogP contribution in [0.4, 0.5) is 0 Å². The second-order valence-electron chi connectivity index (χ2n) is 7.01. The molecule has 0 bridgehead atoms. The van der Waals surface area contributed by atoms with Gasteiger partial charge in [0.1, 0.15) is 10.9 Å². The molecule has 0 amide bonds. The van der Waals surface area contributed by atoms with Crippen molar-refractivity contribution in [3.63, 3.8) is 0 Å². The van der Waals surface area contributed by atoms with Crippen LogP contribution in [0.2, 0.25) is 0 Å². The Hall–Kier alpha value is -2.39. The van der Waals surface area contributed by atoms with Gasteiger partial charge in [-0.3, -0.25) is 4.98 Å². The third kappa shape index (κ3) is 3.42. The number of fused-ring (bicyclic) bond motifs is 1. The van der Waals surface area contributed by atoms with Crippen LogP contribution in [0.15, 0.2) is 29.6 Å². The minimum Gasteiger partial charge on any atom is -0.259 e. The Morgan fingerprint density at radius 2 is 1.83 bits per heavy atom. The van der Waals surface area contributed by atoms with E-state index in [1.807, 2.05) is 64.0 Å². The minimum absolute atomic E-state index is 0.178. The van der Waals surface area contributed by atoms with E-state index in [1.165, 1.54) is 12.8 Å². The van der Waals surface area contributed by atoms with Crippen LogP contribution < -0.4 is 0 Å². The highest BCUT2D eigenvalue weighted by molar-refractivity contribution is 7.98. The summed E-state index contributed by atoms with van der Waals surface area (Å²) in [5.74, 6) is 4.55. The van der Waals surface area contributed by atoms with Crippen LogP contribution >= 0.6 is 11.8 Å². The van der Waals surface area contributed by atoms with Crippen molar-refractivity contribution < 1.29 is 0 Å². The van der Waals surface area contributed by atoms with Crippen molar-refractivity contribution in [2.75, 3.05) is 6.26 Å². The first kappa shape index (κ1) is 21.3. The standard InChI is InChI=1S/C19H17N5S.2C2H6/c1-4-19(11-18(19)5-6-18)15-7-14-13(9-20-15)10-21-24(14)16-8-17(25-3)23-12(2)22-16;2*1-2/h1,7-10H,5-6,11H2,2-3H3;2*1-2H3. The first-order valence-corrected chi connectivity index (χ1v) is 11.6. The Morgan fingerprint density at radius 1 is 1.10 bits per heavy atom. The Kier molecular flexibility index (Phi) is 6.00. The first-order chi connectivity index (χ1) is 14.1. The molecule has 0 aromatic carbocycles. The molecule has 6 heteroatoms. The molecule has 1 unspecified atom stereocenters. The van der Waals surface area contributed by atoms with Crippen LogP contribution in [0, 0.1) is 24.7 Å². The summed E-state index contributed by atoms with van der Waals surface area (Å²) < 4.78 is 1.86. The van der Waals surface area contributed by atoms with E-state index >= 15 is 0 Å². The summed E-state index contributed by atoms with van der Waals surface area (Å²) in [4.78, 5) is 13.7. The van der Waals surface area contributed by atoms with Gasteiger partial charge in [0.15, 0.2) is 5.82 Å². The highest BCUT2D eigenvalue weighted by Gasteiger charge is 2.75. The largest absolute Gasteiger partial charge is 0.259 e. The smallest absolute Gasteiger partial charge is 0.158 e. The fourth-order valence-corrected chi connectivity index (χ4v) is 4.38. The van der Waals surface area contributed by atoms with Gasteiger partial charge in [0.2, 0.25) is 0 Å². The maximum atomic E-state index is 5.91. The summed E-state index contributed by atoms with van der Waals surface area (Å²) in [5, 5.41) is 6.45. The Bertz CT molecular complexity index is 1060. The van der Waals surface area contributed by atoms with Crippen molar-refractivity contribution in [2.45, 2.75) is 64.3 Å². The average Bonchev–Trinajstić information content (AvgIpc) is 3.65. The number of hydrogen-bond acceptors (Lipinski definition) is 5. The van der Waals surface area contributed by atoms with Gasteiger partial charge in [-0.2, -0.15) is 5.10 Å². The van der Waals surface area contributed by atoms with Gasteiger partial charge < -0.3 is 0 Å². The molecule has 0 N–H and O–H groups in total. The lowest BCUT2D eigenvalue weighted by molar-refractivity contribution is 0.724. The SMILES string of the molecule is C#CC1(c2cc3c(cn2)cnn3-c2cc(SC)nc(C)n2)CC12CC2.CC.CC. The van der Waals surface area contributed by atoms with E-state index in [1.54, 1.807) is 11.8 Å². The molecule has 5 nitrogen and oxygen atoms in total. The van der Waals surface area contributed by atoms with E-state index < -0.39 is 0 Å². The van der Waals surface area contributed by atoms with E-state index in [-0.39, 0.29) is 5.41 Å². The van der Waals surface area contributed by atoms with E-state index in [9.17, 15) is 0 Å². The molecule has 2 aliphatic rings. The maximum Gasteiger partial charge on any atom is 0.158 e. The van der Waals surface area contributed by atoms with Crippen LogP contribution in [0.3, 0.4) is 0 Å². The zero-order valence-corrected chi connectivity index (χ0v) is 19.0. The lowest BCUT2D eigenvalue weighted by Crippen LogP contribution is -2.10. The number of aromatic nitrogens is 5. The zero-order chi connectivity index (χ0) is 21.2. The Balaban J connectivity index is 0.000000568. The van der Waals surface area contributed by atoms with Crippen molar-refractivity contribution in [3.05, 3.63) is 36.0 Å². The highest BCUT2D eigenvalue weighted by atomic mass is 32.2. The first-order valence-electron chi connectivity index (χ1n) is 10.3. The summed E-state index contributed by atoms with van der Waals surface area (Å²) >= 11 is 1.60. The van der Waals surface area contributed by atoms with Gasteiger partial charge in [0, 0.05) is 17.6 Å². The third-order valence-electron chi connectivity index (χ3n) is 5.60. The van der Waals surface area contributed by atoms with Gasteiger partial charge in [-0.25, -0.2) is 14.6 Å². The fraction of sp³-hybridized carbons (Fsp3) is 0.478. The molecule has 5 rings (SSSR count). The number of thioether (sulfide) groups is 1. The molecule has 3 aromatic rings. The predicted octanol–water partition coefficient (Wildman–Crippen LogP) is 5.35. The number of nitrogens with zero attached hydrogens (tertiary/aromatic N) is 5. The van der Waals surface area contributed by atoms with Crippen molar-refractivity contribution in [3.8, 4) is 18.2 Å². The average molecular weight is 408 g/mol. The second-order valence-corrected chi connectivity index (χ2v) is 7.83. The van der Waals surface area contributed by atoms with Crippen molar-refractivity contribution in [1.29, 1.82) is 0 Å². The highest BCUT2D eigenvalue weighted by Crippen LogP contribution is 2.78. The number of aryl methyl sites for hydroxylation is 1. The zero-order valence-electron chi connectivity index (χ0n) is 18.2. The van der Waals surface area contributed by atoms with Crippen molar-refractivity contribution in [1.82, 2.24) is 24.7 Å². The normalized spacial score (nSPS) is 20.2. The van der Waals surface area contributed by atoms with Crippen molar-refractivity contribution >= 4 is 22.7 Å². The number of hydrogen-bond donors (Lipinski definition) is 0. The van der Waals surface area contributed by atoms with Crippen LogP contribution in [0.1, 0.15) is 58.5 Å². The molecular formula is C23H29N5S. The van der Waals surface area contributed by atoms with Crippen LogP contribution in [-0.4, -0.2) is 31.0 Å². The second kappa shape index (κ2) is 8.16. The molecule has 2 aliphatic carbocycles. The summed E-state index contributed by atoms with van der Waals surface area (Å²) in [6.07, 6.45) is 15.1. The molecule has 152 valence electrons. The molecular weight excluding hydrogens is 378 g/mol.